The first kappa shape index (κ1) is 17.7. The van der Waals surface area contributed by atoms with Crippen molar-refractivity contribution < 1.29 is 14.3 Å². The van der Waals surface area contributed by atoms with Gasteiger partial charge in [-0.2, -0.15) is 0 Å². The van der Waals surface area contributed by atoms with E-state index in [1.807, 2.05) is 45.9 Å². The van der Waals surface area contributed by atoms with Gasteiger partial charge in [0.1, 0.15) is 5.60 Å². The molecule has 0 N–H and O–H groups in total. The van der Waals surface area contributed by atoms with Crippen molar-refractivity contribution in [3.8, 4) is 0 Å². The number of piperidine rings is 1. The molecule has 0 aliphatic carbocycles. The predicted molar refractivity (Wildman–Crippen MR) is 89.1 cm³/mol. The summed E-state index contributed by atoms with van der Waals surface area (Å²) in [5.74, 6) is 0.349. The Morgan fingerprint density at radius 3 is 2.87 bits per heavy atom. The smallest absolute Gasteiger partial charge is 0.410 e. The number of nitrogens with zero attached hydrogens (tertiary/aromatic N) is 2. The van der Waals surface area contributed by atoms with Gasteiger partial charge in [-0.15, -0.1) is 0 Å². The van der Waals surface area contributed by atoms with Crippen molar-refractivity contribution >= 4 is 6.09 Å². The van der Waals surface area contributed by atoms with Crippen molar-refractivity contribution in [2.75, 3.05) is 19.7 Å². The molecule has 0 aromatic carbocycles. The number of hydrogen-bond donors (Lipinski definition) is 0. The van der Waals surface area contributed by atoms with Crippen LogP contribution in [0, 0.1) is 5.92 Å². The van der Waals surface area contributed by atoms with Crippen LogP contribution in [0.4, 0.5) is 4.79 Å². The van der Waals surface area contributed by atoms with E-state index in [9.17, 15) is 4.79 Å². The zero-order chi connectivity index (χ0) is 16.9. The van der Waals surface area contributed by atoms with E-state index in [4.69, 9.17) is 9.47 Å². The summed E-state index contributed by atoms with van der Waals surface area (Å²) in [5, 5.41) is 0. The number of carbonyl (C=O) groups is 1. The molecule has 1 fully saturated rings. The molecule has 2 unspecified atom stereocenters. The molecule has 5 heteroatoms. The number of aromatic nitrogens is 1. The highest BCUT2D eigenvalue weighted by Gasteiger charge is 2.28. The number of likely N-dealkylation sites (tertiary alicyclic amines) is 1. The Labute approximate surface area is 139 Å². The molecule has 0 bridgehead atoms. The predicted octanol–water partition coefficient (Wildman–Crippen LogP) is 3.81. The largest absolute Gasteiger partial charge is 0.444 e. The van der Waals surface area contributed by atoms with E-state index in [-0.39, 0.29) is 12.2 Å². The number of carbonyl (C=O) groups excluding carboxylic acids is 1. The van der Waals surface area contributed by atoms with Crippen LogP contribution in [0.25, 0.3) is 0 Å². The van der Waals surface area contributed by atoms with Crippen LogP contribution >= 0.6 is 0 Å². The van der Waals surface area contributed by atoms with E-state index in [1.165, 1.54) is 0 Å². The molecule has 0 saturated carbocycles. The van der Waals surface area contributed by atoms with Crippen LogP contribution in [0.1, 0.15) is 52.3 Å². The molecule has 128 valence electrons. The Morgan fingerprint density at radius 2 is 2.22 bits per heavy atom. The van der Waals surface area contributed by atoms with Crippen LogP contribution in [0.2, 0.25) is 0 Å². The third-order valence-electron chi connectivity index (χ3n) is 3.86. The molecule has 2 heterocycles. The van der Waals surface area contributed by atoms with Gasteiger partial charge >= 0.3 is 6.09 Å². The lowest BCUT2D eigenvalue weighted by Crippen LogP contribution is -2.43. The molecule has 1 amide bonds. The fourth-order valence-corrected chi connectivity index (χ4v) is 2.68. The topological polar surface area (TPSA) is 51.7 Å². The summed E-state index contributed by atoms with van der Waals surface area (Å²) in [6, 6.07) is 5.83. The maximum absolute atomic E-state index is 12.2. The van der Waals surface area contributed by atoms with Gasteiger partial charge in [-0.1, -0.05) is 6.07 Å². The van der Waals surface area contributed by atoms with Gasteiger partial charge < -0.3 is 14.4 Å². The minimum Gasteiger partial charge on any atom is -0.444 e. The third-order valence-corrected chi connectivity index (χ3v) is 3.86. The van der Waals surface area contributed by atoms with Crippen molar-refractivity contribution in [3.63, 3.8) is 0 Å². The van der Waals surface area contributed by atoms with Crippen LogP contribution in [0.3, 0.4) is 0 Å². The van der Waals surface area contributed by atoms with Gasteiger partial charge in [0.2, 0.25) is 0 Å². The van der Waals surface area contributed by atoms with Crippen molar-refractivity contribution in [1.82, 2.24) is 9.88 Å². The normalized spacial score (nSPS) is 20.2. The van der Waals surface area contributed by atoms with E-state index >= 15 is 0 Å². The number of rotatable bonds is 4. The van der Waals surface area contributed by atoms with Crippen LogP contribution < -0.4 is 0 Å². The van der Waals surface area contributed by atoms with Crippen LogP contribution in [0.15, 0.2) is 24.4 Å². The highest BCUT2D eigenvalue weighted by Crippen LogP contribution is 2.22. The van der Waals surface area contributed by atoms with Gasteiger partial charge in [0, 0.05) is 25.2 Å². The molecule has 2 atom stereocenters. The Morgan fingerprint density at radius 1 is 1.43 bits per heavy atom. The van der Waals surface area contributed by atoms with Gasteiger partial charge in [-0.3, -0.25) is 4.98 Å². The second-order valence-corrected chi connectivity index (χ2v) is 7.16. The highest BCUT2D eigenvalue weighted by atomic mass is 16.6. The summed E-state index contributed by atoms with van der Waals surface area (Å²) < 4.78 is 11.4. The Bertz CT molecular complexity index is 499. The fourth-order valence-electron chi connectivity index (χ4n) is 2.68. The first-order chi connectivity index (χ1) is 10.8. The molecule has 1 aliphatic heterocycles. The van der Waals surface area contributed by atoms with Crippen molar-refractivity contribution in [3.05, 3.63) is 30.1 Å². The summed E-state index contributed by atoms with van der Waals surface area (Å²) in [6.45, 7) is 9.79. The molecular weight excluding hydrogens is 292 g/mol. The van der Waals surface area contributed by atoms with Gasteiger partial charge in [0.25, 0.3) is 0 Å². The van der Waals surface area contributed by atoms with Gasteiger partial charge in [-0.25, -0.2) is 4.79 Å². The van der Waals surface area contributed by atoms with Gasteiger partial charge in [-0.05, 0) is 52.7 Å². The Hall–Kier alpha value is -1.62. The zero-order valence-corrected chi connectivity index (χ0v) is 14.6. The van der Waals surface area contributed by atoms with Gasteiger partial charge in [0.15, 0.2) is 0 Å². The van der Waals surface area contributed by atoms with E-state index < -0.39 is 5.60 Å². The van der Waals surface area contributed by atoms with Gasteiger partial charge in [0.05, 0.1) is 18.4 Å². The summed E-state index contributed by atoms with van der Waals surface area (Å²) in [7, 11) is 0. The minimum atomic E-state index is -0.450. The standard InChI is InChI=1S/C18H28N2O3/c1-14(16-9-5-6-10-19-16)22-13-15-8-7-11-20(12-15)17(21)23-18(2,3)4/h5-6,9-10,14-15H,7-8,11-13H2,1-4H3. The molecule has 5 nitrogen and oxygen atoms in total. The number of pyridine rings is 1. The molecule has 23 heavy (non-hydrogen) atoms. The summed E-state index contributed by atoms with van der Waals surface area (Å²) >= 11 is 0. The summed E-state index contributed by atoms with van der Waals surface area (Å²) in [5.41, 5.74) is 0.487. The maximum atomic E-state index is 12.2. The molecular formula is C18H28N2O3. The maximum Gasteiger partial charge on any atom is 0.410 e. The van der Waals surface area contributed by atoms with Crippen LogP contribution in [0.5, 0.6) is 0 Å². The first-order valence-electron chi connectivity index (χ1n) is 8.35. The molecule has 0 radical (unpaired) electrons. The SMILES string of the molecule is CC(OCC1CCCN(C(=O)OC(C)(C)C)C1)c1ccccn1. The van der Waals surface area contributed by atoms with Crippen molar-refractivity contribution in [2.24, 2.45) is 5.92 Å². The summed E-state index contributed by atoms with van der Waals surface area (Å²) in [4.78, 5) is 18.3. The second-order valence-electron chi connectivity index (χ2n) is 7.16. The molecule has 2 rings (SSSR count). The zero-order valence-electron chi connectivity index (χ0n) is 14.6. The van der Waals surface area contributed by atoms with Crippen molar-refractivity contribution in [1.29, 1.82) is 0 Å². The molecule has 0 spiro atoms. The number of ether oxygens (including phenoxy) is 2. The number of amides is 1. The van der Waals surface area contributed by atoms with E-state index in [2.05, 4.69) is 4.98 Å². The van der Waals surface area contributed by atoms with Crippen LogP contribution in [-0.2, 0) is 9.47 Å². The highest BCUT2D eigenvalue weighted by molar-refractivity contribution is 5.68. The van der Waals surface area contributed by atoms with E-state index in [0.29, 0.717) is 19.1 Å². The average molecular weight is 320 g/mol. The fraction of sp³-hybridized carbons (Fsp3) is 0.667. The molecule has 1 aromatic heterocycles. The molecule has 1 aromatic rings. The lowest BCUT2D eigenvalue weighted by atomic mass is 9.99. The summed E-state index contributed by atoms with van der Waals surface area (Å²) in [6.07, 6.45) is 3.59. The van der Waals surface area contributed by atoms with E-state index in [1.54, 1.807) is 11.1 Å². The quantitative estimate of drug-likeness (QED) is 0.846. The average Bonchev–Trinajstić information content (AvgIpc) is 2.52. The second kappa shape index (κ2) is 7.77. The molecule has 1 saturated heterocycles. The Kier molecular flexibility index (Phi) is 5.99. The third kappa shape index (κ3) is 5.82. The lowest BCUT2D eigenvalue weighted by molar-refractivity contribution is -0.00461. The van der Waals surface area contributed by atoms with Crippen molar-refractivity contribution in [2.45, 2.75) is 52.2 Å². The lowest BCUT2D eigenvalue weighted by Gasteiger charge is -2.34. The number of hydrogen-bond acceptors (Lipinski definition) is 4. The molecule has 1 aliphatic rings. The van der Waals surface area contributed by atoms with Crippen LogP contribution in [-0.4, -0.2) is 41.3 Å². The first-order valence-corrected chi connectivity index (χ1v) is 8.35. The van der Waals surface area contributed by atoms with E-state index in [0.717, 1.165) is 25.1 Å². The monoisotopic (exact) mass is 320 g/mol. The Balaban J connectivity index is 1.81. The minimum absolute atomic E-state index is 0.0342.